The zero-order chi connectivity index (χ0) is 41.2. The number of pyridine rings is 1. The van der Waals surface area contributed by atoms with Gasteiger partial charge in [-0.3, -0.25) is 0 Å². The van der Waals surface area contributed by atoms with Crippen molar-refractivity contribution in [2.24, 2.45) is 0 Å². The van der Waals surface area contributed by atoms with Crippen LogP contribution < -0.4 is 0 Å². The third-order valence-corrected chi connectivity index (χ3v) is 14.3. The number of benzene rings is 9. The lowest BCUT2D eigenvalue weighted by atomic mass is 9.70. The number of hydrogen-bond donors (Lipinski definition) is 0. The van der Waals surface area contributed by atoms with Crippen LogP contribution in [0.3, 0.4) is 0 Å². The fourth-order valence-electron chi connectivity index (χ4n) is 11.5. The summed E-state index contributed by atoms with van der Waals surface area (Å²) in [4.78, 5) is 5.54. The summed E-state index contributed by atoms with van der Waals surface area (Å²) in [6.07, 6.45) is 0. The van der Waals surface area contributed by atoms with Gasteiger partial charge in [-0.25, -0.2) is 4.98 Å². The molecule has 0 atom stereocenters. The van der Waals surface area contributed by atoms with Crippen molar-refractivity contribution < 1.29 is 0 Å². The third-order valence-electron chi connectivity index (χ3n) is 14.3. The molecule has 0 unspecified atom stereocenters. The number of fused-ring (bicyclic) bond motifs is 14. The molecule has 290 valence electrons. The molecule has 0 amide bonds. The van der Waals surface area contributed by atoms with Gasteiger partial charge < -0.3 is 0 Å². The lowest BCUT2D eigenvalue weighted by Crippen LogP contribution is -2.26. The van der Waals surface area contributed by atoms with Gasteiger partial charge in [-0.2, -0.15) is 0 Å². The fraction of sp³-hybridized carbons (Fsp3) is 0.0656. The Morgan fingerprint density at radius 1 is 0.306 bits per heavy atom. The molecule has 9 aromatic carbocycles. The van der Waals surface area contributed by atoms with Crippen molar-refractivity contribution in [2.45, 2.75) is 24.7 Å². The van der Waals surface area contributed by atoms with Gasteiger partial charge in [-0.15, -0.1) is 0 Å². The minimum atomic E-state index is -0.519. The Morgan fingerprint density at radius 3 is 1.58 bits per heavy atom. The summed E-state index contributed by atoms with van der Waals surface area (Å²) in [5.41, 5.74) is 24.4. The molecule has 0 fully saturated rings. The van der Waals surface area contributed by atoms with Crippen molar-refractivity contribution in [1.82, 2.24) is 4.98 Å². The summed E-state index contributed by atoms with van der Waals surface area (Å²) in [7, 11) is 0. The molecule has 3 aliphatic rings. The molecule has 1 spiro atoms. The van der Waals surface area contributed by atoms with Gasteiger partial charge in [-0.1, -0.05) is 202 Å². The highest BCUT2D eigenvalue weighted by Crippen LogP contribution is 2.64. The highest BCUT2D eigenvalue weighted by Gasteiger charge is 2.52. The number of nitrogens with zero attached hydrogens (tertiary/aromatic N) is 1. The standard InChI is InChI=1S/C61H41N/c1-60(2)51-26-11-10-23-50(51)59-44(24-15-29-54(59)60)40-30-32-47-48-33-31-41(35-56(48)61(55(47)34-40)52-27-12-8-21-45(52)46-22-9-13-28-53(46)61)57-36-42(38-16-4-3-5-17-38)37-58(62-57)49-25-14-19-39-18-6-7-20-43(39)49/h3-37H,1-2H3. The van der Waals surface area contributed by atoms with Crippen LogP contribution in [0.5, 0.6) is 0 Å². The Kier molecular flexibility index (Phi) is 7.35. The molecule has 1 aromatic heterocycles. The largest absolute Gasteiger partial charge is 0.248 e. The maximum atomic E-state index is 5.54. The Morgan fingerprint density at radius 2 is 0.823 bits per heavy atom. The Balaban J connectivity index is 1.06. The smallest absolute Gasteiger partial charge is 0.0725 e. The predicted octanol–water partition coefficient (Wildman–Crippen LogP) is 15.6. The Bertz CT molecular complexity index is 3450. The molecule has 0 radical (unpaired) electrons. The Hall–Kier alpha value is -7.61. The summed E-state index contributed by atoms with van der Waals surface area (Å²) in [5.74, 6) is 0. The van der Waals surface area contributed by atoms with Crippen LogP contribution in [0.2, 0.25) is 0 Å². The van der Waals surface area contributed by atoms with E-state index in [9.17, 15) is 0 Å². The minimum Gasteiger partial charge on any atom is -0.248 e. The maximum Gasteiger partial charge on any atom is 0.0725 e. The van der Waals surface area contributed by atoms with Crippen molar-refractivity contribution in [3.05, 3.63) is 246 Å². The molecular formula is C61H41N. The highest BCUT2D eigenvalue weighted by atomic mass is 14.7. The first kappa shape index (κ1) is 35.2. The molecule has 0 bridgehead atoms. The molecule has 0 saturated heterocycles. The molecule has 0 N–H and O–H groups in total. The van der Waals surface area contributed by atoms with Crippen LogP contribution in [-0.4, -0.2) is 4.98 Å². The van der Waals surface area contributed by atoms with Crippen LogP contribution in [0.15, 0.2) is 212 Å². The first-order valence-electron chi connectivity index (χ1n) is 21.8. The van der Waals surface area contributed by atoms with Crippen LogP contribution in [0.25, 0.3) is 88.9 Å². The zero-order valence-electron chi connectivity index (χ0n) is 34.7. The molecule has 13 rings (SSSR count). The van der Waals surface area contributed by atoms with Crippen LogP contribution in [0.1, 0.15) is 47.2 Å². The lowest BCUT2D eigenvalue weighted by molar-refractivity contribution is 0.660. The van der Waals surface area contributed by atoms with Crippen molar-refractivity contribution in [3.63, 3.8) is 0 Å². The highest BCUT2D eigenvalue weighted by molar-refractivity contribution is 6.00. The summed E-state index contributed by atoms with van der Waals surface area (Å²) in [6.45, 7) is 4.74. The van der Waals surface area contributed by atoms with Crippen LogP contribution in [0, 0.1) is 0 Å². The van der Waals surface area contributed by atoms with Crippen LogP contribution in [0.4, 0.5) is 0 Å². The predicted molar refractivity (Wildman–Crippen MR) is 257 cm³/mol. The van der Waals surface area contributed by atoms with Gasteiger partial charge in [0.2, 0.25) is 0 Å². The summed E-state index contributed by atoms with van der Waals surface area (Å²) in [6, 6.07) is 79.0. The average molecular weight is 788 g/mol. The van der Waals surface area contributed by atoms with Crippen LogP contribution >= 0.6 is 0 Å². The fourth-order valence-corrected chi connectivity index (χ4v) is 11.5. The number of aromatic nitrogens is 1. The summed E-state index contributed by atoms with van der Waals surface area (Å²) >= 11 is 0. The Labute approximate surface area is 362 Å². The summed E-state index contributed by atoms with van der Waals surface area (Å²) < 4.78 is 0. The van der Waals surface area contributed by atoms with E-state index in [4.69, 9.17) is 4.98 Å². The van der Waals surface area contributed by atoms with Crippen molar-refractivity contribution in [3.8, 4) is 78.1 Å². The molecule has 1 heterocycles. The second-order valence-electron chi connectivity index (χ2n) is 17.8. The first-order chi connectivity index (χ1) is 30.5. The van der Waals surface area contributed by atoms with E-state index < -0.39 is 5.41 Å². The topological polar surface area (TPSA) is 12.9 Å². The van der Waals surface area contributed by atoms with Gasteiger partial charge in [0.15, 0.2) is 0 Å². The summed E-state index contributed by atoms with van der Waals surface area (Å²) in [5, 5.41) is 2.41. The van der Waals surface area contributed by atoms with Crippen molar-refractivity contribution in [1.29, 1.82) is 0 Å². The van der Waals surface area contributed by atoms with E-state index in [0.717, 1.165) is 28.1 Å². The normalized spacial score (nSPS) is 14.2. The third kappa shape index (κ3) is 4.77. The van der Waals surface area contributed by atoms with Gasteiger partial charge in [0.1, 0.15) is 0 Å². The molecule has 1 heteroatoms. The van der Waals surface area contributed by atoms with E-state index in [1.807, 2.05) is 0 Å². The molecule has 10 aromatic rings. The van der Waals surface area contributed by atoms with Gasteiger partial charge in [-0.05, 0) is 124 Å². The second kappa shape index (κ2) is 12.9. The molecule has 3 aliphatic carbocycles. The maximum absolute atomic E-state index is 5.54. The van der Waals surface area contributed by atoms with E-state index >= 15 is 0 Å². The van der Waals surface area contributed by atoms with Crippen molar-refractivity contribution >= 4 is 10.8 Å². The molecule has 62 heavy (non-hydrogen) atoms. The quantitative estimate of drug-likeness (QED) is 0.173. The number of rotatable bonds is 4. The molecule has 0 saturated carbocycles. The van der Waals surface area contributed by atoms with E-state index in [1.165, 1.54) is 94.2 Å². The van der Waals surface area contributed by atoms with E-state index in [1.54, 1.807) is 0 Å². The van der Waals surface area contributed by atoms with Gasteiger partial charge >= 0.3 is 0 Å². The average Bonchev–Trinajstić information content (AvgIpc) is 3.89. The zero-order valence-corrected chi connectivity index (χ0v) is 34.7. The lowest BCUT2D eigenvalue weighted by Gasteiger charge is -2.31. The van der Waals surface area contributed by atoms with Crippen LogP contribution in [-0.2, 0) is 10.8 Å². The van der Waals surface area contributed by atoms with Gasteiger partial charge in [0.05, 0.1) is 16.8 Å². The first-order valence-corrected chi connectivity index (χ1v) is 21.8. The van der Waals surface area contributed by atoms with Gasteiger partial charge in [0, 0.05) is 16.5 Å². The van der Waals surface area contributed by atoms with E-state index in [-0.39, 0.29) is 5.41 Å². The molecular weight excluding hydrogens is 747 g/mol. The van der Waals surface area contributed by atoms with E-state index in [0.29, 0.717) is 0 Å². The molecule has 0 aliphatic heterocycles. The minimum absolute atomic E-state index is 0.0742. The SMILES string of the molecule is CC1(C)c2ccccc2-c2c(-c3ccc4c(c3)C3(c5ccccc5-c5ccccc53)c3cc(-c5cc(-c6ccccc6)cc(-c6cccc7ccccc67)n5)ccc3-4)cccc21. The monoisotopic (exact) mass is 787 g/mol. The number of hydrogen-bond acceptors (Lipinski definition) is 1. The van der Waals surface area contributed by atoms with E-state index in [2.05, 4.69) is 226 Å². The van der Waals surface area contributed by atoms with Crippen molar-refractivity contribution in [2.75, 3.05) is 0 Å². The molecule has 1 nitrogen and oxygen atoms in total. The van der Waals surface area contributed by atoms with Gasteiger partial charge in [0.25, 0.3) is 0 Å². The second-order valence-corrected chi connectivity index (χ2v) is 17.8.